The van der Waals surface area contributed by atoms with Gasteiger partial charge in [0.25, 0.3) is 0 Å². The zero-order chi connectivity index (χ0) is 43.7. The van der Waals surface area contributed by atoms with Gasteiger partial charge in [-0.2, -0.15) is 0 Å². The molecule has 0 aromatic carbocycles. The molecular weight excluding hydrogens is 745 g/mol. The summed E-state index contributed by atoms with van der Waals surface area (Å²) in [5.74, 6) is -1.01. The fourth-order valence-electron chi connectivity index (χ4n) is 6.46. The average molecular weight is 835 g/mol. The minimum Gasteiger partial charge on any atom is -0.462 e. The third-order valence-corrected chi connectivity index (χ3v) is 10.1. The lowest BCUT2D eigenvalue weighted by atomic mass is 10.1. The summed E-state index contributed by atoms with van der Waals surface area (Å²) in [5.41, 5.74) is 0. The Morgan fingerprint density at radius 1 is 0.350 bits per heavy atom. The van der Waals surface area contributed by atoms with E-state index in [0.717, 1.165) is 89.9 Å². The summed E-state index contributed by atoms with van der Waals surface area (Å²) in [6.07, 6.45) is 61.6. The van der Waals surface area contributed by atoms with Crippen LogP contribution in [0.15, 0.2) is 85.1 Å². The molecule has 6 nitrogen and oxygen atoms in total. The lowest BCUT2D eigenvalue weighted by molar-refractivity contribution is -0.166. The lowest BCUT2D eigenvalue weighted by Crippen LogP contribution is -2.30. The molecule has 0 bridgehead atoms. The van der Waals surface area contributed by atoms with Gasteiger partial charge in [-0.15, -0.1) is 0 Å². The summed E-state index contributed by atoms with van der Waals surface area (Å²) in [7, 11) is 0. The highest BCUT2D eigenvalue weighted by Gasteiger charge is 2.19. The summed E-state index contributed by atoms with van der Waals surface area (Å²) in [5, 5.41) is 0. The van der Waals surface area contributed by atoms with Gasteiger partial charge < -0.3 is 14.2 Å². The second-order valence-corrected chi connectivity index (χ2v) is 16.0. The van der Waals surface area contributed by atoms with Crippen molar-refractivity contribution in [3.63, 3.8) is 0 Å². The van der Waals surface area contributed by atoms with E-state index in [4.69, 9.17) is 14.2 Å². The molecule has 0 aliphatic carbocycles. The molecule has 0 amide bonds. The molecule has 0 spiro atoms. The van der Waals surface area contributed by atoms with Crippen LogP contribution >= 0.6 is 0 Å². The van der Waals surface area contributed by atoms with Gasteiger partial charge in [0.05, 0.1) is 0 Å². The molecule has 60 heavy (non-hydrogen) atoms. The molecule has 1 unspecified atom stereocenters. The minimum absolute atomic E-state index is 0.103. The molecule has 0 fully saturated rings. The number of rotatable bonds is 43. The highest BCUT2D eigenvalue weighted by Crippen LogP contribution is 2.13. The maximum absolute atomic E-state index is 12.7. The van der Waals surface area contributed by atoms with Gasteiger partial charge in [0, 0.05) is 19.3 Å². The van der Waals surface area contributed by atoms with E-state index in [-0.39, 0.29) is 37.5 Å². The Kier molecular flexibility index (Phi) is 45.5. The van der Waals surface area contributed by atoms with E-state index >= 15 is 0 Å². The molecule has 0 aliphatic rings. The van der Waals surface area contributed by atoms with Crippen LogP contribution in [0.5, 0.6) is 0 Å². The van der Waals surface area contributed by atoms with Crippen molar-refractivity contribution in [3.05, 3.63) is 85.1 Å². The third kappa shape index (κ3) is 45.7. The SMILES string of the molecule is CC/C=C\C/C=C\C/C=C\C/C=C\C/C=C\C/C=C\CCC(=O)OCC(COC(=O)CCCCCCCCC)OC(=O)CCCCCCC/C=C\CCCCCCCCC. The largest absolute Gasteiger partial charge is 0.462 e. The number of hydrogen-bond acceptors (Lipinski definition) is 6. The molecule has 0 aromatic heterocycles. The number of esters is 3. The molecule has 0 aromatic rings. The Morgan fingerprint density at radius 3 is 1.12 bits per heavy atom. The third-order valence-electron chi connectivity index (χ3n) is 10.1. The molecule has 1 atom stereocenters. The zero-order valence-corrected chi connectivity index (χ0v) is 38.9. The van der Waals surface area contributed by atoms with Crippen LogP contribution in [0.2, 0.25) is 0 Å². The molecule has 342 valence electrons. The van der Waals surface area contributed by atoms with Crippen molar-refractivity contribution < 1.29 is 28.6 Å². The predicted octanol–water partition coefficient (Wildman–Crippen LogP) is 16.0. The van der Waals surface area contributed by atoms with Crippen molar-refractivity contribution in [1.82, 2.24) is 0 Å². The van der Waals surface area contributed by atoms with Gasteiger partial charge >= 0.3 is 17.9 Å². The summed E-state index contributed by atoms with van der Waals surface area (Å²) in [6.45, 7) is 6.39. The molecule has 0 saturated carbocycles. The van der Waals surface area contributed by atoms with Gasteiger partial charge in [0.2, 0.25) is 0 Å². The van der Waals surface area contributed by atoms with Crippen molar-refractivity contribution in [2.75, 3.05) is 13.2 Å². The quantitative estimate of drug-likeness (QED) is 0.0263. The molecule has 0 aliphatic heterocycles. The van der Waals surface area contributed by atoms with Crippen LogP contribution in [-0.2, 0) is 28.6 Å². The molecule has 6 heteroatoms. The predicted molar refractivity (Wildman–Crippen MR) is 256 cm³/mol. The molecular formula is C54H90O6. The number of allylic oxidation sites excluding steroid dienone is 14. The van der Waals surface area contributed by atoms with E-state index in [1.807, 2.05) is 12.2 Å². The highest BCUT2D eigenvalue weighted by molar-refractivity contribution is 5.71. The first kappa shape index (κ1) is 56.6. The van der Waals surface area contributed by atoms with Crippen LogP contribution in [0.4, 0.5) is 0 Å². The standard InChI is InChI=1S/C54H90O6/c1-4-7-10-13-16-18-20-22-24-26-27-28-30-31-33-35-38-41-44-47-53(56)59-50-51(49-58-52(55)46-43-40-37-15-12-9-6-3)60-54(57)48-45-42-39-36-34-32-29-25-23-21-19-17-14-11-8-5-2/h7,10,16,18,22,24-25,27-29,31,33,38,41,51H,4-6,8-9,11-15,17,19-21,23,26,30,32,34-37,39-40,42-50H2,1-3H3/b10-7-,18-16-,24-22-,28-27-,29-25-,33-31-,41-38-. The van der Waals surface area contributed by atoms with Crippen LogP contribution in [0.1, 0.15) is 220 Å². The highest BCUT2D eigenvalue weighted by atomic mass is 16.6. The van der Waals surface area contributed by atoms with Gasteiger partial charge in [0.15, 0.2) is 6.10 Å². The Morgan fingerprint density at radius 2 is 0.683 bits per heavy atom. The van der Waals surface area contributed by atoms with Crippen LogP contribution in [0.25, 0.3) is 0 Å². The van der Waals surface area contributed by atoms with Crippen molar-refractivity contribution in [2.45, 2.75) is 226 Å². The first-order chi connectivity index (χ1) is 29.5. The number of carbonyl (C=O) groups is 3. The smallest absolute Gasteiger partial charge is 0.306 e. The summed E-state index contributed by atoms with van der Waals surface area (Å²) in [4.78, 5) is 37.7. The van der Waals surface area contributed by atoms with Gasteiger partial charge in [-0.3, -0.25) is 14.4 Å². The van der Waals surface area contributed by atoms with E-state index in [0.29, 0.717) is 19.3 Å². The van der Waals surface area contributed by atoms with Gasteiger partial charge in [0.1, 0.15) is 13.2 Å². The van der Waals surface area contributed by atoms with Crippen molar-refractivity contribution in [2.24, 2.45) is 0 Å². The molecule has 0 heterocycles. The van der Waals surface area contributed by atoms with Gasteiger partial charge in [-0.1, -0.05) is 202 Å². The first-order valence-electron chi connectivity index (χ1n) is 24.6. The number of hydrogen-bond donors (Lipinski definition) is 0. The van der Waals surface area contributed by atoms with E-state index < -0.39 is 6.10 Å². The summed E-state index contributed by atoms with van der Waals surface area (Å²) >= 11 is 0. The Hall–Kier alpha value is -3.41. The average Bonchev–Trinajstić information content (AvgIpc) is 3.24. The van der Waals surface area contributed by atoms with Crippen LogP contribution in [0, 0.1) is 0 Å². The van der Waals surface area contributed by atoms with Gasteiger partial charge in [-0.25, -0.2) is 0 Å². The number of unbranched alkanes of at least 4 members (excludes halogenated alkanes) is 18. The molecule has 0 saturated heterocycles. The second kappa shape index (κ2) is 48.3. The Bertz CT molecular complexity index is 1190. The monoisotopic (exact) mass is 835 g/mol. The fraction of sp³-hybridized carbons (Fsp3) is 0.685. The van der Waals surface area contributed by atoms with E-state index in [1.54, 1.807) is 0 Å². The fourth-order valence-corrected chi connectivity index (χ4v) is 6.46. The van der Waals surface area contributed by atoms with Crippen molar-refractivity contribution >= 4 is 17.9 Å². The minimum atomic E-state index is -0.807. The van der Waals surface area contributed by atoms with Crippen LogP contribution in [0.3, 0.4) is 0 Å². The van der Waals surface area contributed by atoms with Gasteiger partial charge in [-0.05, 0) is 83.5 Å². The zero-order valence-electron chi connectivity index (χ0n) is 38.9. The van der Waals surface area contributed by atoms with E-state index in [9.17, 15) is 14.4 Å². The first-order valence-corrected chi connectivity index (χ1v) is 24.6. The summed E-state index contributed by atoms with van der Waals surface area (Å²) in [6, 6.07) is 0. The molecule has 0 radical (unpaired) electrons. The van der Waals surface area contributed by atoms with Crippen LogP contribution < -0.4 is 0 Å². The second-order valence-electron chi connectivity index (χ2n) is 16.0. The van der Waals surface area contributed by atoms with Crippen LogP contribution in [-0.4, -0.2) is 37.2 Å². The maximum Gasteiger partial charge on any atom is 0.306 e. The normalized spacial score (nSPS) is 12.8. The van der Waals surface area contributed by atoms with E-state index in [2.05, 4.69) is 93.7 Å². The Balaban J connectivity index is 4.42. The topological polar surface area (TPSA) is 78.9 Å². The molecule has 0 rings (SSSR count). The Labute approximate surface area is 369 Å². The number of ether oxygens (including phenoxy) is 3. The maximum atomic E-state index is 12.7. The summed E-state index contributed by atoms with van der Waals surface area (Å²) < 4.78 is 16.6. The molecule has 0 N–H and O–H groups in total. The van der Waals surface area contributed by atoms with Crippen molar-refractivity contribution in [1.29, 1.82) is 0 Å². The van der Waals surface area contributed by atoms with Crippen molar-refractivity contribution in [3.8, 4) is 0 Å². The van der Waals surface area contributed by atoms with E-state index in [1.165, 1.54) is 83.5 Å². The lowest BCUT2D eigenvalue weighted by Gasteiger charge is -2.18. The number of carbonyl (C=O) groups excluding carboxylic acids is 3.